The standard InChI is InChI=1S/C23H25BrFN5O3/c24-14-5-6-16-17(10-14)29-20(19(16)25)23(33)30-18(8-12-3-4-12)22(32)28-15(11-26)9-13-2-1-7-27-21(13)31/h5-6,10,12-13,15,18,29H,1-4,7-9H2,(H,27,31)(H,28,32)(H,30,33)/t13-,15-,18?/m0/s1. The minimum Gasteiger partial charge on any atom is -0.356 e. The molecule has 4 rings (SSSR count). The zero-order valence-electron chi connectivity index (χ0n) is 17.9. The van der Waals surface area contributed by atoms with Crippen molar-refractivity contribution in [2.24, 2.45) is 11.8 Å². The number of aromatic nitrogens is 1. The zero-order valence-corrected chi connectivity index (χ0v) is 19.5. The van der Waals surface area contributed by atoms with Crippen molar-refractivity contribution in [3.8, 4) is 6.07 Å². The number of aromatic amines is 1. The molecule has 1 aliphatic carbocycles. The summed E-state index contributed by atoms with van der Waals surface area (Å²) >= 11 is 3.32. The van der Waals surface area contributed by atoms with E-state index in [4.69, 9.17) is 0 Å². The molecule has 2 fully saturated rings. The molecule has 174 valence electrons. The van der Waals surface area contributed by atoms with Gasteiger partial charge in [-0.25, -0.2) is 4.39 Å². The van der Waals surface area contributed by atoms with Crippen LogP contribution < -0.4 is 16.0 Å². The van der Waals surface area contributed by atoms with Crippen LogP contribution in [0.4, 0.5) is 4.39 Å². The predicted molar refractivity (Wildman–Crippen MR) is 122 cm³/mol. The van der Waals surface area contributed by atoms with E-state index in [-0.39, 0.29) is 29.3 Å². The molecule has 1 saturated heterocycles. The Morgan fingerprint density at radius 3 is 2.73 bits per heavy atom. The number of piperidine rings is 1. The van der Waals surface area contributed by atoms with E-state index in [1.54, 1.807) is 18.2 Å². The van der Waals surface area contributed by atoms with Crippen LogP contribution in [-0.4, -0.2) is 41.3 Å². The van der Waals surface area contributed by atoms with Crippen LogP contribution in [0.2, 0.25) is 0 Å². The van der Waals surface area contributed by atoms with E-state index in [1.807, 2.05) is 6.07 Å². The number of nitrogens with zero attached hydrogens (tertiary/aromatic N) is 1. The number of carbonyl (C=O) groups is 3. The van der Waals surface area contributed by atoms with Gasteiger partial charge < -0.3 is 20.9 Å². The highest BCUT2D eigenvalue weighted by Gasteiger charge is 2.33. The molecular weight excluding hydrogens is 493 g/mol. The Labute approximate surface area is 198 Å². The number of carbonyl (C=O) groups excluding carboxylic acids is 3. The van der Waals surface area contributed by atoms with Crippen molar-refractivity contribution in [1.29, 1.82) is 5.26 Å². The largest absolute Gasteiger partial charge is 0.356 e. The molecule has 2 aliphatic rings. The van der Waals surface area contributed by atoms with E-state index in [2.05, 4.69) is 36.9 Å². The van der Waals surface area contributed by atoms with Gasteiger partial charge in [0.1, 0.15) is 17.8 Å². The number of rotatable bonds is 8. The van der Waals surface area contributed by atoms with Gasteiger partial charge in [0.25, 0.3) is 5.91 Å². The monoisotopic (exact) mass is 517 g/mol. The summed E-state index contributed by atoms with van der Waals surface area (Å²) in [5, 5.41) is 17.9. The van der Waals surface area contributed by atoms with E-state index in [0.717, 1.165) is 23.7 Å². The van der Waals surface area contributed by atoms with Crippen LogP contribution in [0.25, 0.3) is 10.9 Å². The molecular formula is C23H25BrFN5O3. The molecule has 4 N–H and O–H groups in total. The molecule has 1 saturated carbocycles. The molecule has 2 aromatic rings. The summed E-state index contributed by atoms with van der Waals surface area (Å²) in [6, 6.07) is 5.20. The van der Waals surface area contributed by atoms with E-state index in [1.165, 1.54) is 0 Å². The second-order valence-corrected chi connectivity index (χ2v) is 9.68. The minimum absolute atomic E-state index is 0.112. The van der Waals surface area contributed by atoms with Crippen LogP contribution in [0.3, 0.4) is 0 Å². The Morgan fingerprint density at radius 1 is 1.24 bits per heavy atom. The van der Waals surface area contributed by atoms with Gasteiger partial charge in [-0.05, 0) is 49.8 Å². The number of benzene rings is 1. The lowest BCUT2D eigenvalue weighted by atomic mass is 9.92. The lowest BCUT2D eigenvalue weighted by molar-refractivity contribution is -0.128. The summed E-state index contributed by atoms with van der Waals surface area (Å²) in [6.07, 6.45) is 4.03. The van der Waals surface area contributed by atoms with Crippen molar-refractivity contribution in [2.45, 2.75) is 50.6 Å². The zero-order chi connectivity index (χ0) is 23.5. The molecule has 1 aromatic heterocycles. The van der Waals surface area contributed by atoms with E-state index >= 15 is 0 Å². The number of nitriles is 1. The Kier molecular flexibility index (Phi) is 6.98. The lowest BCUT2D eigenvalue weighted by Crippen LogP contribution is -2.50. The number of amides is 3. The van der Waals surface area contributed by atoms with Gasteiger partial charge in [-0.15, -0.1) is 0 Å². The second-order valence-electron chi connectivity index (χ2n) is 8.77. The maximum atomic E-state index is 14.8. The first-order valence-corrected chi connectivity index (χ1v) is 11.9. The Bertz CT molecular complexity index is 1120. The van der Waals surface area contributed by atoms with Crippen molar-refractivity contribution in [2.75, 3.05) is 6.54 Å². The van der Waals surface area contributed by atoms with Crippen LogP contribution >= 0.6 is 15.9 Å². The van der Waals surface area contributed by atoms with Gasteiger partial charge in [0.2, 0.25) is 11.8 Å². The third-order valence-corrected chi connectivity index (χ3v) is 6.70. The quantitative estimate of drug-likeness (QED) is 0.429. The fourth-order valence-corrected chi connectivity index (χ4v) is 4.56. The molecule has 3 amide bonds. The summed E-state index contributed by atoms with van der Waals surface area (Å²) in [6.45, 7) is 0.621. The SMILES string of the molecule is N#C[C@H](C[C@@H]1CCCNC1=O)NC(=O)C(CC1CC1)NC(=O)c1[nH]c2cc(Br)ccc2c1F. The Morgan fingerprint density at radius 2 is 2.03 bits per heavy atom. The van der Waals surface area contributed by atoms with Crippen LogP contribution in [0.1, 0.15) is 49.0 Å². The smallest absolute Gasteiger partial charge is 0.271 e. The highest BCUT2D eigenvalue weighted by Crippen LogP contribution is 2.34. The third-order valence-electron chi connectivity index (χ3n) is 6.20. The van der Waals surface area contributed by atoms with Gasteiger partial charge in [0, 0.05) is 22.3 Å². The van der Waals surface area contributed by atoms with Crippen LogP contribution in [-0.2, 0) is 9.59 Å². The fourth-order valence-electron chi connectivity index (χ4n) is 4.20. The van der Waals surface area contributed by atoms with E-state index in [9.17, 15) is 24.0 Å². The number of nitrogens with one attached hydrogen (secondary N) is 4. The molecule has 1 aliphatic heterocycles. The number of halogens is 2. The first-order chi connectivity index (χ1) is 15.9. The van der Waals surface area contributed by atoms with Crippen LogP contribution in [0.5, 0.6) is 0 Å². The second kappa shape index (κ2) is 9.91. The van der Waals surface area contributed by atoms with Crippen molar-refractivity contribution in [3.63, 3.8) is 0 Å². The molecule has 0 radical (unpaired) electrons. The maximum absolute atomic E-state index is 14.8. The summed E-state index contributed by atoms with van der Waals surface area (Å²) in [4.78, 5) is 40.6. The summed E-state index contributed by atoms with van der Waals surface area (Å²) in [5.41, 5.74) is 0.220. The molecule has 2 heterocycles. The highest BCUT2D eigenvalue weighted by molar-refractivity contribution is 9.10. The number of fused-ring (bicyclic) bond motifs is 1. The lowest BCUT2D eigenvalue weighted by Gasteiger charge is -2.25. The minimum atomic E-state index is -0.904. The topological polar surface area (TPSA) is 127 Å². The molecule has 1 unspecified atom stereocenters. The van der Waals surface area contributed by atoms with E-state index < -0.39 is 29.7 Å². The third kappa shape index (κ3) is 5.53. The molecule has 0 spiro atoms. The van der Waals surface area contributed by atoms with E-state index in [0.29, 0.717) is 30.8 Å². The number of hydrogen-bond acceptors (Lipinski definition) is 4. The summed E-state index contributed by atoms with van der Waals surface area (Å²) < 4.78 is 15.5. The highest BCUT2D eigenvalue weighted by atomic mass is 79.9. The molecule has 33 heavy (non-hydrogen) atoms. The maximum Gasteiger partial charge on any atom is 0.271 e. The van der Waals surface area contributed by atoms with Gasteiger partial charge in [-0.2, -0.15) is 5.26 Å². The van der Waals surface area contributed by atoms with Crippen molar-refractivity contribution in [1.82, 2.24) is 20.9 Å². The van der Waals surface area contributed by atoms with Crippen molar-refractivity contribution < 1.29 is 18.8 Å². The average molecular weight is 518 g/mol. The van der Waals surface area contributed by atoms with Crippen molar-refractivity contribution in [3.05, 3.63) is 34.2 Å². The summed E-state index contributed by atoms with van der Waals surface area (Å²) in [7, 11) is 0. The predicted octanol–water partition coefficient (Wildman–Crippen LogP) is 2.89. The summed E-state index contributed by atoms with van der Waals surface area (Å²) in [5.74, 6) is -2.05. The van der Waals surface area contributed by atoms with Gasteiger partial charge >= 0.3 is 0 Å². The first-order valence-electron chi connectivity index (χ1n) is 11.1. The molecule has 1 aromatic carbocycles. The van der Waals surface area contributed by atoms with Gasteiger partial charge in [-0.1, -0.05) is 28.8 Å². The van der Waals surface area contributed by atoms with Gasteiger partial charge in [0.15, 0.2) is 5.82 Å². The Hall–Kier alpha value is -2.93. The van der Waals surface area contributed by atoms with Crippen LogP contribution in [0.15, 0.2) is 22.7 Å². The molecule has 8 nitrogen and oxygen atoms in total. The van der Waals surface area contributed by atoms with Gasteiger partial charge in [-0.3, -0.25) is 14.4 Å². The molecule has 10 heteroatoms. The number of hydrogen-bond donors (Lipinski definition) is 4. The number of H-pyrrole nitrogens is 1. The van der Waals surface area contributed by atoms with Crippen LogP contribution in [0, 0.1) is 29.0 Å². The van der Waals surface area contributed by atoms with Crippen molar-refractivity contribution >= 4 is 44.6 Å². The average Bonchev–Trinajstić information content (AvgIpc) is 3.55. The molecule has 0 bridgehead atoms. The fraction of sp³-hybridized carbons (Fsp3) is 0.478. The Balaban J connectivity index is 1.45. The van der Waals surface area contributed by atoms with Gasteiger partial charge in [0.05, 0.1) is 11.6 Å². The molecule has 3 atom stereocenters. The normalized spacial score (nSPS) is 19.9. The first kappa shape index (κ1) is 23.2.